The van der Waals surface area contributed by atoms with Crippen LogP contribution in [0, 0.1) is 5.92 Å². The third-order valence-corrected chi connectivity index (χ3v) is 4.81. The van der Waals surface area contributed by atoms with E-state index in [1.54, 1.807) is 31.1 Å². The van der Waals surface area contributed by atoms with E-state index in [1.807, 2.05) is 12.1 Å². The van der Waals surface area contributed by atoms with Gasteiger partial charge >= 0.3 is 5.97 Å². The molecule has 1 amide bonds. The molecule has 1 aliphatic rings. The van der Waals surface area contributed by atoms with Crippen molar-refractivity contribution in [3.63, 3.8) is 0 Å². The lowest BCUT2D eigenvalue weighted by Crippen LogP contribution is -2.47. The summed E-state index contributed by atoms with van der Waals surface area (Å²) in [5, 5.41) is 0. The van der Waals surface area contributed by atoms with Gasteiger partial charge in [-0.15, -0.1) is 0 Å². The van der Waals surface area contributed by atoms with Crippen molar-refractivity contribution in [3.05, 3.63) is 24.3 Å². The smallest absolute Gasteiger partial charge is 0.310 e. The fourth-order valence-electron chi connectivity index (χ4n) is 3.34. The quantitative estimate of drug-likeness (QED) is 0.664. The van der Waals surface area contributed by atoms with Gasteiger partial charge in [-0.3, -0.25) is 9.59 Å². The molecule has 144 valence electrons. The SMILES string of the molecule is COC(=O)C(C)CN(C(=O)COc1cccc(OC)c1)C1CCCCC1. The molecule has 1 saturated carbocycles. The molecule has 1 aromatic rings. The zero-order valence-corrected chi connectivity index (χ0v) is 15.9. The van der Waals surface area contributed by atoms with Gasteiger partial charge in [0.1, 0.15) is 11.5 Å². The fraction of sp³-hybridized carbons (Fsp3) is 0.600. The lowest BCUT2D eigenvalue weighted by atomic mass is 9.93. The third kappa shape index (κ3) is 5.64. The van der Waals surface area contributed by atoms with Crippen molar-refractivity contribution in [1.29, 1.82) is 0 Å². The van der Waals surface area contributed by atoms with Crippen molar-refractivity contribution in [2.24, 2.45) is 5.92 Å². The number of nitrogens with zero attached hydrogens (tertiary/aromatic N) is 1. The highest BCUT2D eigenvalue weighted by Gasteiger charge is 2.29. The second kappa shape index (κ2) is 10.0. The molecule has 0 N–H and O–H groups in total. The van der Waals surface area contributed by atoms with Crippen LogP contribution in [0.25, 0.3) is 0 Å². The van der Waals surface area contributed by atoms with Gasteiger partial charge in [0.2, 0.25) is 0 Å². The molecule has 0 aromatic heterocycles. The minimum Gasteiger partial charge on any atom is -0.497 e. The summed E-state index contributed by atoms with van der Waals surface area (Å²) in [6.45, 7) is 2.09. The van der Waals surface area contributed by atoms with E-state index < -0.39 is 0 Å². The van der Waals surface area contributed by atoms with E-state index in [-0.39, 0.29) is 30.4 Å². The van der Waals surface area contributed by atoms with Crippen LogP contribution in [0.15, 0.2) is 24.3 Å². The van der Waals surface area contributed by atoms with E-state index >= 15 is 0 Å². The van der Waals surface area contributed by atoms with Gasteiger partial charge in [0.05, 0.1) is 20.1 Å². The van der Waals surface area contributed by atoms with E-state index in [4.69, 9.17) is 14.2 Å². The van der Waals surface area contributed by atoms with Crippen molar-refractivity contribution in [2.75, 3.05) is 27.4 Å². The number of methoxy groups -OCH3 is 2. The van der Waals surface area contributed by atoms with Crippen LogP contribution < -0.4 is 9.47 Å². The molecule has 1 fully saturated rings. The van der Waals surface area contributed by atoms with Crippen molar-refractivity contribution >= 4 is 11.9 Å². The second-order valence-corrected chi connectivity index (χ2v) is 6.73. The summed E-state index contributed by atoms with van der Waals surface area (Å²) in [6, 6.07) is 7.34. The van der Waals surface area contributed by atoms with Crippen LogP contribution in [0.1, 0.15) is 39.0 Å². The van der Waals surface area contributed by atoms with E-state index in [9.17, 15) is 9.59 Å². The maximum Gasteiger partial charge on any atom is 0.310 e. The molecule has 1 atom stereocenters. The van der Waals surface area contributed by atoms with Gasteiger partial charge in [-0.05, 0) is 25.0 Å². The summed E-state index contributed by atoms with van der Waals surface area (Å²) in [5.41, 5.74) is 0. The summed E-state index contributed by atoms with van der Waals surface area (Å²) in [7, 11) is 2.96. The predicted molar refractivity (Wildman–Crippen MR) is 98.3 cm³/mol. The van der Waals surface area contributed by atoms with Gasteiger partial charge in [0.25, 0.3) is 5.91 Å². The van der Waals surface area contributed by atoms with Crippen molar-refractivity contribution in [3.8, 4) is 11.5 Å². The number of esters is 1. The highest BCUT2D eigenvalue weighted by atomic mass is 16.5. The Kier molecular flexibility index (Phi) is 7.75. The topological polar surface area (TPSA) is 65.1 Å². The number of hydrogen-bond donors (Lipinski definition) is 0. The molecule has 26 heavy (non-hydrogen) atoms. The molecule has 2 rings (SSSR count). The summed E-state index contributed by atoms with van der Waals surface area (Å²) in [5.74, 6) is 0.506. The largest absolute Gasteiger partial charge is 0.497 e. The van der Waals surface area contributed by atoms with Gasteiger partial charge < -0.3 is 19.1 Å². The van der Waals surface area contributed by atoms with E-state index in [2.05, 4.69) is 0 Å². The molecule has 0 aliphatic heterocycles. The number of hydrogen-bond acceptors (Lipinski definition) is 5. The average molecular weight is 363 g/mol. The van der Waals surface area contributed by atoms with Crippen LogP contribution >= 0.6 is 0 Å². The standard InChI is InChI=1S/C20H29NO5/c1-15(20(23)25-3)13-21(16-8-5-4-6-9-16)19(22)14-26-18-11-7-10-17(12-18)24-2/h7,10-12,15-16H,4-6,8-9,13-14H2,1-3H3. The third-order valence-electron chi connectivity index (χ3n) is 4.81. The molecule has 0 saturated heterocycles. The number of ether oxygens (including phenoxy) is 3. The molecule has 0 bridgehead atoms. The summed E-state index contributed by atoms with van der Waals surface area (Å²) < 4.78 is 15.6. The Morgan fingerprint density at radius 3 is 2.50 bits per heavy atom. The van der Waals surface area contributed by atoms with E-state index in [1.165, 1.54) is 13.5 Å². The fourth-order valence-corrected chi connectivity index (χ4v) is 3.34. The first-order chi connectivity index (χ1) is 12.5. The lowest BCUT2D eigenvalue weighted by molar-refractivity contribution is -0.147. The monoisotopic (exact) mass is 363 g/mol. The van der Waals surface area contributed by atoms with Crippen LogP contribution in [-0.4, -0.2) is 50.2 Å². The molecular weight excluding hydrogens is 334 g/mol. The first-order valence-electron chi connectivity index (χ1n) is 9.19. The van der Waals surface area contributed by atoms with Crippen molar-refractivity contribution in [1.82, 2.24) is 4.90 Å². The number of carbonyl (C=O) groups is 2. The molecule has 0 spiro atoms. The Hall–Kier alpha value is -2.24. The lowest BCUT2D eigenvalue weighted by Gasteiger charge is -2.35. The van der Waals surface area contributed by atoms with Gasteiger partial charge in [0, 0.05) is 18.7 Å². The van der Waals surface area contributed by atoms with Crippen LogP contribution in [-0.2, 0) is 14.3 Å². The van der Waals surface area contributed by atoms with Gasteiger partial charge in [-0.2, -0.15) is 0 Å². The molecular formula is C20H29NO5. The first-order valence-corrected chi connectivity index (χ1v) is 9.19. The normalized spacial score (nSPS) is 15.8. The molecule has 0 radical (unpaired) electrons. The highest BCUT2D eigenvalue weighted by molar-refractivity contribution is 5.79. The highest BCUT2D eigenvalue weighted by Crippen LogP contribution is 2.24. The van der Waals surface area contributed by atoms with Crippen LogP contribution in [0.5, 0.6) is 11.5 Å². The van der Waals surface area contributed by atoms with Gasteiger partial charge in [-0.25, -0.2) is 0 Å². The first kappa shape index (κ1) is 20.1. The summed E-state index contributed by atoms with van der Waals surface area (Å²) >= 11 is 0. The maximum atomic E-state index is 12.8. The zero-order chi connectivity index (χ0) is 18.9. The van der Waals surface area contributed by atoms with Crippen molar-refractivity contribution < 1.29 is 23.8 Å². The molecule has 6 heteroatoms. The predicted octanol–water partition coefficient (Wildman–Crippen LogP) is 3.04. The minimum absolute atomic E-state index is 0.0580. The van der Waals surface area contributed by atoms with Crippen LogP contribution in [0.2, 0.25) is 0 Å². The number of rotatable bonds is 8. The Morgan fingerprint density at radius 2 is 1.85 bits per heavy atom. The Balaban J connectivity index is 2.02. The summed E-state index contributed by atoms with van der Waals surface area (Å²) in [6.07, 6.45) is 5.36. The number of carbonyl (C=O) groups excluding carboxylic acids is 2. The van der Waals surface area contributed by atoms with Crippen molar-refractivity contribution in [2.45, 2.75) is 45.1 Å². The van der Waals surface area contributed by atoms with Crippen LogP contribution in [0.4, 0.5) is 0 Å². The second-order valence-electron chi connectivity index (χ2n) is 6.73. The average Bonchev–Trinajstić information content (AvgIpc) is 2.70. The Morgan fingerprint density at radius 1 is 1.15 bits per heavy atom. The molecule has 1 aromatic carbocycles. The van der Waals surface area contributed by atoms with Crippen LogP contribution in [0.3, 0.4) is 0 Å². The van der Waals surface area contributed by atoms with E-state index in [0.29, 0.717) is 18.0 Å². The molecule has 1 unspecified atom stereocenters. The minimum atomic E-state index is -0.359. The summed E-state index contributed by atoms with van der Waals surface area (Å²) in [4.78, 5) is 26.4. The van der Waals surface area contributed by atoms with Gasteiger partial charge in [-0.1, -0.05) is 32.3 Å². The molecule has 6 nitrogen and oxygen atoms in total. The number of benzene rings is 1. The Labute approximate surface area is 155 Å². The zero-order valence-electron chi connectivity index (χ0n) is 15.9. The molecule has 0 heterocycles. The Bertz CT molecular complexity index is 598. The van der Waals surface area contributed by atoms with Gasteiger partial charge in [0.15, 0.2) is 6.61 Å². The van der Waals surface area contributed by atoms with E-state index in [0.717, 1.165) is 25.7 Å². The maximum absolute atomic E-state index is 12.8. The number of amides is 1. The molecule has 1 aliphatic carbocycles.